The van der Waals surface area contributed by atoms with Crippen LogP contribution in [-0.2, 0) is 32.3 Å². The topological polar surface area (TPSA) is 86.8 Å². The summed E-state index contributed by atoms with van der Waals surface area (Å²) in [5.74, 6) is -1.31. The Kier molecular flexibility index (Phi) is 10.9. The molecule has 0 spiro atoms. The maximum Gasteiger partial charge on any atom is 0.416 e. The fourth-order valence-electron chi connectivity index (χ4n) is 4.25. The number of nitrogens with zero attached hydrogens (tertiary/aromatic N) is 2. The minimum absolute atomic E-state index is 0.164. The van der Waals surface area contributed by atoms with E-state index in [1.165, 1.54) is 41.3 Å². The summed E-state index contributed by atoms with van der Waals surface area (Å²) in [7, 11) is -4.54. The summed E-state index contributed by atoms with van der Waals surface area (Å²) in [6, 6.07) is 13.0. The molecule has 0 aliphatic carbocycles. The molecule has 1 N–H and O–H groups in total. The summed E-state index contributed by atoms with van der Waals surface area (Å²) in [4.78, 5) is 27.9. The number of halogens is 5. The summed E-state index contributed by atoms with van der Waals surface area (Å²) in [5.41, 5.74) is -0.261. The van der Waals surface area contributed by atoms with E-state index in [0.717, 1.165) is 17.7 Å². The number of sulfonamides is 1. The van der Waals surface area contributed by atoms with E-state index in [2.05, 4.69) is 5.32 Å². The molecule has 0 saturated heterocycles. The molecule has 0 aliphatic heterocycles. The number of aryl methyl sites for hydroxylation is 1. The number of benzene rings is 3. The lowest BCUT2D eigenvalue weighted by atomic mass is 10.1. The number of amides is 2. The van der Waals surface area contributed by atoms with Gasteiger partial charge in [-0.15, -0.1) is 0 Å². The SMILES string of the molecule is CCNC(=O)[C@H](CC)N(Cc1ccc(Cl)cc1Cl)C(=O)CN(c1cccc(C(F)(F)F)c1)S(=O)(=O)c1ccc(C)cc1. The van der Waals surface area contributed by atoms with E-state index in [4.69, 9.17) is 23.2 Å². The van der Waals surface area contributed by atoms with E-state index in [1.54, 1.807) is 32.9 Å². The molecule has 0 heterocycles. The van der Waals surface area contributed by atoms with Crippen molar-refractivity contribution in [3.63, 3.8) is 0 Å². The first-order valence-corrected chi connectivity index (χ1v) is 15.2. The molecule has 0 bridgehead atoms. The zero-order valence-electron chi connectivity index (χ0n) is 23.1. The van der Waals surface area contributed by atoms with Gasteiger partial charge in [0.1, 0.15) is 12.6 Å². The van der Waals surface area contributed by atoms with Crippen LogP contribution in [0.25, 0.3) is 0 Å². The van der Waals surface area contributed by atoms with Crippen molar-refractivity contribution in [2.75, 3.05) is 17.4 Å². The van der Waals surface area contributed by atoms with Gasteiger partial charge < -0.3 is 10.2 Å². The fraction of sp³-hybridized carbons (Fsp3) is 0.310. The molecular formula is C29H30Cl2F3N3O4S. The van der Waals surface area contributed by atoms with Crippen molar-refractivity contribution in [3.05, 3.63) is 93.5 Å². The van der Waals surface area contributed by atoms with Crippen LogP contribution in [0.5, 0.6) is 0 Å². The number of alkyl halides is 3. The van der Waals surface area contributed by atoms with E-state index < -0.39 is 46.2 Å². The van der Waals surface area contributed by atoms with Crippen molar-refractivity contribution in [2.24, 2.45) is 0 Å². The number of anilines is 1. The van der Waals surface area contributed by atoms with Gasteiger partial charge in [0, 0.05) is 23.1 Å². The normalized spacial score (nSPS) is 12.5. The number of carbonyl (C=O) groups excluding carboxylic acids is 2. The molecule has 3 rings (SSSR count). The number of carbonyl (C=O) groups is 2. The Labute approximate surface area is 253 Å². The minimum atomic E-state index is -4.76. The lowest BCUT2D eigenvalue weighted by molar-refractivity contribution is -0.140. The van der Waals surface area contributed by atoms with Crippen LogP contribution >= 0.6 is 23.2 Å². The molecule has 42 heavy (non-hydrogen) atoms. The van der Waals surface area contributed by atoms with Gasteiger partial charge in [-0.3, -0.25) is 13.9 Å². The first-order chi connectivity index (χ1) is 19.7. The van der Waals surface area contributed by atoms with Gasteiger partial charge in [-0.2, -0.15) is 13.2 Å². The molecule has 3 aromatic carbocycles. The monoisotopic (exact) mass is 643 g/mol. The lowest BCUT2D eigenvalue weighted by Gasteiger charge is -2.33. The maximum atomic E-state index is 14.0. The van der Waals surface area contributed by atoms with Gasteiger partial charge in [-0.1, -0.05) is 60.0 Å². The third-order valence-corrected chi connectivity index (χ3v) is 8.82. The molecule has 3 aromatic rings. The van der Waals surface area contributed by atoms with Gasteiger partial charge in [0.05, 0.1) is 16.1 Å². The van der Waals surface area contributed by atoms with Crippen molar-refractivity contribution < 1.29 is 31.2 Å². The predicted octanol–water partition coefficient (Wildman–Crippen LogP) is 6.46. The second kappa shape index (κ2) is 13.8. The van der Waals surface area contributed by atoms with Crippen molar-refractivity contribution in [1.82, 2.24) is 10.2 Å². The number of likely N-dealkylation sites (N-methyl/N-ethyl adjacent to an activating group) is 1. The Balaban J connectivity index is 2.14. The van der Waals surface area contributed by atoms with Crippen LogP contribution in [0.4, 0.5) is 18.9 Å². The van der Waals surface area contributed by atoms with Crippen molar-refractivity contribution in [1.29, 1.82) is 0 Å². The highest BCUT2D eigenvalue weighted by Crippen LogP contribution is 2.33. The fourth-order valence-corrected chi connectivity index (χ4v) is 6.12. The highest BCUT2D eigenvalue weighted by Gasteiger charge is 2.36. The van der Waals surface area contributed by atoms with Gasteiger partial charge in [0.15, 0.2) is 0 Å². The number of rotatable bonds is 11. The zero-order chi connectivity index (χ0) is 31.2. The molecule has 226 valence electrons. The van der Waals surface area contributed by atoms with Crippen LogP contribution < -0.4 is 9.62 Å². The second-order valence-electron chi connectivity index (χ2n) is 9.45. The maximum absolute atomic E-state index is 14.0. The largest absolute Gasteiger partial charge is 0.416 e. The molecule has 1 atom stereocenters. The molecule has 0 fully saturated rings. The van der Waals surface area contributed by atoms with Gasteiger partial charge in [-0.05, 0) is 68.3 Å². The molecule has 2 amide bonds. The van der Waals surface area contributed by atoms with E-state index in [1.807, 2.05) is 0 Å². The highest BCUT2D eigenvalue weighted by atomic mass is 35.5. The summed E-state index contributed by atoms with van der Waals surface area (Å²) in [6.07, 6.45) is -4.60. The van der Waals surface area contributed by atoms with Crippen molar-refractivity contribution in [2.45, 2.75) is 50.9 Å². The Morgan fingerprint density at radius 2 is 1.64 bits per heavy atom. The third kappa shape index (κ3) is 7.96. The highest BCUT2D eigenvalue weighted by molar-refractivity contribution is 7.92. The van der Waals surface area contributed by atoms with Crippen LogP contribution in [-0.4, -0.2) is 44.3 Å². The summed E-state index contributed by atoms with van der Waals surface area (Å²) in [6.45, 7) is 4.32. The van der Waals surface area contributed by atoms with Gasteiger partial charge in [-0.25, -0.2) is 8.42 Å². The molecule has 0 saturated carbocycles. The first kappa shape index (κ1) is 33.2. The average molecular weight is 645 g/mol. The van der Waals surface area contributed by atoms with Gasteiger partial charge >= 0.3 is 6.18 Å². The van der Waals surface area contributed by atoms with E-state index >= 15 is 0 Å². The third-order valence-electron chi connectivity index (χ3n) is 6.44. The Bertz CT molecular complexity index is 1530. The predicted molar refractivity (Wildman–Crippen MR) is 157 cm³/mol. The van der Waals surface area contributed by atoms with E-state index in [9.17, 15) is 31.2 Å². The molecule has 0 unspecified atom stereocenters. The summed E-state index contributed by atoms with van der Waals surface area (Å²) < 4.78 is 69.1. The van der Waals surface area contributed by atoms with Crippen LogP contribution in [0, 0.1) is 6.92 Å². The molecule has 0 aliphatic rings. The summed E-state index contributed by atoms with van der Waals surface area (Å²) in [5, 5.41) is 3.23. The van der Waals surface area contributed by atoms with E-state index in [-0.39, 0.29) is 35.1 Å². The molecular weight excluding hydrogens is 614 g/mol. The van der Waals surface area contributed by atoms with Crippen LogP contribution in [0.1, 0.15) is 37.0 Å². The summed E-state index contributed by atoms with van der Waals surface area (Å²) >= 11 is 12.4. The van der Waals surface area contributed by atoms with Crippen LogP contribution in [0.15, 0.2) is 71.6 Å². The first-order valence-electron chi connectivity index (χ1n) is 13.0. The van der Waals surface area contributed by atoms with Gasteiger partial charge in [0.25, 0.3) is 10.0 Å². The van der Waals surface area contributed by atoms with Crippen molar-refractivity contribution in [3.8, 4) is 0 Å². The van der Waals surface area contributed by atoms with Crippen LogP contribution in [0.2, 0.25) is 10.0 Å². The lowest BCUT2D eigenvalue weighted by Crippen LogP contribution is -2.52. The zero-order valence-corrected chi connectivity index (χ0v) is 25.4. The standard InChI is InChI=1S/C29H30Cl2F3N3O4S/c1-4-26(28(39)35-5-2)36(17-20-11-12-22(30)16-25(20)31)27(38)18-37(23-8-6-7-21(15-23)29(32,33)34)42(40,41)24-13-9-19(3)10-14-24/h6-16,26H,4-5,17-18H2,1-3H3,(H,35,39)/t26-/m0/s1. The Hall–Kier alpha value is -3.28. The molecule has 0 aromatic heterocycles. The molecule has 13 heteroatoms. The average Bonchev–Trinajstić information content (AvgIpc) is 2.92. The molecule has 0 radical (unpaired) electrons. The number of hydrogen-bond acceptors (Lipinski definition) is 4. The van der Waals surface area contributed by atoms with Crippen molar-refractivity contribution >= 4 is 50.7 Å². The quantitative estimate of drug-likeness (QED) is 0.260. The number of nitrogens with one attached hydrogen (secondary N) is 1. The smallest absolute Gasteiger partial charge is 0.355 e. The van der Waals surface area contributed by atoms with Gasteiger partial charge in [0.2, 0.25) is 11.8 Å². The Morgan fingerprint density at radius 3 is 2.21 bits per heavy atom. The number of hydrogen-bond donors (Lipinski definition) is 1. The van der Waals surface area contributed by atoms with Crippen LogP contribution in [0.3, 0.4) is 0 Å². The van der Waals surface area contributed by atoms with E-state index in [0.29, 0.717) is 21.0 Å². The Morgan fingerprint density at radius 1 is 0.976 bits per heavy atom. The molecule has 7 nitrogen and oxygen atoms in total. The minimum Gasteiger partial charge on any atom is -0.355 e. The second-order valence-corrected chi connectivity index (χ2v) is 12.2.